The van der Waals surface area contributed by atoms with Gasteiger partial charge in [0.25, 0.3) is 11.6 Å². The van der Waals surface area contributed by atoms with Crippen LogP contribution in [-0.2, 0) is 27.2 Å². The average Bonchev–Trinajstić information content (AvgIpc) is 3.33. The van der Waals surface area contributed by atoms with Gasteiger partial charge in [0.1, 0.15) is 10.6 Å². The Bertz CT molecular complexity index is 1630. The first-order valence-corrected chi connectivity index (χ1v) is 15.9. The third kappa shape index (κ3) is 8.60. The van der Waals surface area contributed by atoms with Crippen LogP contribution in [0.25, 0.3) is 0 Å². The molecule has 0 radical (unpaired) electrons. The number of fused-ring (bicyclic) bond motifs is 1. The highest BCUT2D eigenvalue weighted by Crippen LogP contribution is 2.39. The van der Waals surface area contributed by atoms with Crippen molar-refractivity contribution in [1.29, 1.82) is 0 Å². The topological polar surface area (TPSA) is 157 Å². The average molecular weight is 655 g/mol. The molecule has 0 saturated carbocycles. The van der Waals surface area contributed by atoms with Crippen LogP contribution in [0.2, 0.25) is 0 Å². The van der Waals surface area contributed by atoms with Gasteiger partial charge in [0.15, 0.2) is 0 Å². The zero-order chi connectivity index (χ0) is 32.9. The van der Waals surface area contributed by atoms with Gasteiger partial charge >= 0.3 is 12.1 Å². The maximum atomic E-state index is 13.3. The first-order valence-electron chi connectivity index (χ1n) is 14.2. The molecule has 1 unspecified atom stereocenters. The molecule has 3 amide bonds. The Balaban J connectivity index is 1.46. The molecule has 14 heteroatoms. The number of nitro groups is 1. The summed E-state index contributed by atoms with van der Waals surface area (Å²) >= 11 is 2.49. The van der Waals surface area contributed by atoms with Crippen molar-refractivity contribution in [2.75, 3.05) is 23.8 Å². The minimum atomic E-state index is -0.647. The fraction of sp³-hybridized carbons (Fsp3) is 0.355. The van der Waals surface area contributed by atoms with Gasteiger partial charge in [-0.1, -0.05) is 12.1 Å². The number of anilines is 2. The molecular formula is C31H34N4O8S2. The molecule has 1 aliphatic heterocycles. The van der Waals surface area contributed by atoms with E-state index in [2.05, 4.69) is 10.6 Å². The molecule has 2 heterocycles. The molecular weight excluding hydrogens is 620 g/mol. The number of nitrogens with zero attached hydrogens (tertiary/aromatic N) is 2. The van der Waals surface area contributed by atoms with Crippen LogP contribution in [0.3, 0.4) is 0 Å². The highest BCUT2D eigenvalue weighted by molar-refractivity contribution is 8.00. The van der Waals surface area contributed by atoms with Crippen LogP contribution in [0, 0.1) is 10.1 Å². The highest BCUT2D eigenvalue weighted by Gasteiger charge is 2.33. The Morgan fingerprint density at radius 2 is 1.84 bits per heavy atom. The highest BCUT2D eigenvalue weighted by atomic mass is 32.2. The Morgan fingerprint density at radius 3 is 2.53 bits per heavy atom. The molecule has 4 rings (SSSR count). The molecule has 1 aromatic heterocycles. The minimum Gasteiger partial charge on any atom is -0.462 e. The zero-order valence-electron chi connectivity index (χ0n) is 25.5. The van der Waals surface area contributed by atoms with E-state index in [1.807, 2.05) is 0 Å². The van der Waals surface area contributed by atoms with Crippen LogP contribution in [0.5, 0.6) is 0 Å². The molecule has 0 saturated heterocycles. The minimum absolute atomic E-state index is 0.139. The van der Waals surface area contributed by atoms with E-state index < -0.39 is 33.7 Å². The van der Waals surface area contributed by atoms with Gasteiger partial charge in [0.2, 0.25) is 5.91 Å². The number of ether oxygens (including phenoxy) is 2. The number of amides is 3. The van der Waals surface area contributed by atoms with Crippen LogP contribution in [0.4, 0.5) is 21.2 Å². The number of nitrogens with one attached hydrogen (secondary N) is 2. The van der Waals surface area contributed by atoms with E-state index in [9.17, 15) is 29.3 Å². The zero-order valence-corrected chi connectivity index (χ0v) is 27.1. The maximum absolute atomic E-state index is 13.3. The lowest BCUT2D eigenvalue weighted by atomic mass is 10.0. The van der Waals surface area contributed by atoms with Gasteiger partial charge in [0, 0.05) is 39.7 Å². The van der Waals surface area contributed by atoms with Gasteiger partial charge in [-0.15, -0.1) is 23.1 Å². The SMILES string of the molecule is CCOC(=O)c1c(NC(=O)C(C)Sc2cccc(NC(=O)c3cccc([N+](=O)[O-])c3)c2)sc2c1CCN(C(=O)OC(C)(C)C)C2. The second-order valence-electron chi connectivity index (χ2n) is 11.1. The number of thiophene rings is 1. The Morgan fingerprint density at radius 1 is 1.11 bits per heavy atom. The van der Waals surface area contributed by atoms with Crippen molar-refractivity contribution in [1.82, 2.24) is 4.90 Å². The summed E-state index contributed by atoms with van der Waals surface area (Å²) in [6.45, 7) is 9.59. The number of thioether (sulfide) groups is 1. The van der Waals surface area contributed by atoms with Crippen molar-refractivity contribution in [3.63, 3.8) is 0 Å². The number of rotatable bonds is 9. The van der Waals surface area contributed by atoms with Crippen molar-refractivity contribution in [2.24, 2.45) is 0 Å². The molecule has 0 spiro atoms. The number of carbonyl (C=O) groups is 4. The lowest BCUT2D eigenvalue weighted by Gasteiger charge is -2.30. The van der Waals surface area contributed by atoms with Crippen LogP contribution in [-0.4, -0.2) is 57.7 Å². The van der Waals surface area contributed by atoms with E-state index in [1.165, 1.54) is 47.4 Å². The summed E-state index contributed by atoms with van der Waals surface area (Å²) in [5.74, 6) is -1.40. The van der Waals surface area contributed by atoms with Crippen molar-refractivity contribution in [2.45, 2.75) is 63.3 Å². The van der Waals surface area contributed by atoms with Gasteiger partial charge in [-0.25, -0.2) is 9.59 Å². The normalized spacial score (nSPS) is 13.3. The summed E-state index contributed by atoms with van der Waals surface area (Å²) < 4.78 is 10.8. The summed E-state index contributed by atoms with van der Waals surface area (Å²) in [7, 11) is 0. The molecule has 3 aromatic rings. The fourth-order valence-electron chi connectivity index (χ4n) is 4.48. The van der Waals surface area contributed by atoms with E-state index in [4.69, 9.17) is 9.47 Å². The molecule has 238 valence electrons. The molecule has 2 N–H and O–H groups in total. The summed E-state index contributed by atoms with van der Waals surface area (Å²) in [5.41, 5.74) is 0.809. The standard InChI is InChI=1S/C31H34N4O8S2/c1-6-42-29(38)25-23-13-14-34(30(39)43-31(3,4)5)17-24(23)45-28(25)33-26(36)18(2)44-22-12-8-10-20(16-22)32-27(37)19-9-7-11-21(15-19)35(40)41/h7-12,15-16,18H,6,13-14,17H2,1-5H3,(H,32,37)(H,33,36). The predicted molar refractivity (Wildman–Crippen MR) is 172 cm³/mol. The number of hydrogen-bond donors (Lipinski definition) is 2. The van der Waals surface area contributed by atoms with Crippen molar-refractivity contribution in [3.8, 4) is 0 Å². The number of hydrogen-bond acceptors (Lipinski definition) is 10. The summed E-state index contributed by atoms with van der Waals surface area (Å²) in [6.07, 6.45) is -0.0350. The Kier molecular flexibility index (Phi) is 10.5. The molecule has 0 bridgehead atoms. The first kappa shape index (κ1) is 33.5. The molecule has 0 aliphatic carbocycles. The van der Waals surface area contributed by atoms with Crippen LogP contribution in [0.15, 0.2) is 53.4 Å². The smallest absolute Gasteiger partial charge is 0.410 e. The third-order valence-corrected chi connectivity index (χ3v) is 8.74. The number of esters is 1. The molecule has 12 nitrogen and oxygen atoms in total. The van der Waals surface area contributed by atoms with Crippen molar-refractivity contribution < 1.29 is 33.6 Å². The first-order chi connectivity index (χ1) is 21.3. The quantitative estimate of drug-likeness (QED) is 0.114. The summed E-state index contributed by atoms with van der Waals surface area (Å²) in [5, 5.41) is 16.4. The second-order valence-corrected chi connectivity index (χ2v) is 13.6. The van der Waals surface area contributed by atoms with Crippen LogP contribution < -0.4 is 10.6 Å². The molecule has 1 aliphatic rings. The molecule has 45 heavy (non-hydrogen) atoms. The number of carbonyl (C=O) groups excluding carboxylic acids is 4. The predicted octanol–water partition coefficient (Wildman–Crippen LogP) is 6.50. The largest absolute Gasteiger partial charge is 0.462 e. The molecule has 0 fully saturated rings. The summed E-state index contributed by atoms with van der Waals surface area (Å²) in [6, 6.07) is 12.3. The lowest BCUT2D eigenvalue weighted by Crippen LogP contribution is -2.39. The second kappa shape index (κ2) is 14.1. The molecule has 1 atom stereocenters. The van der Waals surface area contributed by atoms with Crippen LogP contribution in [0.1, 0.15) is 65.8 Å². The Hall–Kier alpha value is -4.43. The fourth-order valence-corrected chi connectivity index (χ4v) is 6.66. The van der Waals surface area contributed by atoms with E-state index >= 15 is 0 Å². The number of nitro benzene ring substituents is 1. The van der Waals surface area contributed by atoms with E-state index in [-0.39, 0.29) is 30.3 Å². The van der Waals surface area contributed by atoms with E-state index in [0.29, 0.717) is 34.1 Å². The molecule has 2 aromatic carbocycles. The van der Waals surface area contributed by atoms with Crippen molar-refractivity contribution >= 4 is 63.4 Å². The van der Waals surface area contributed by atoms with Crippen molar-refractivity contribution in [3.05, 3.63) is 80.2 Å². The van der Waals surface area contributed by atoms with Gasteiger partial charge in [-0.2, -0.15) is 0 Å². The van der Waals surface area contributed by atoms with Gasteiger partial charge in [-0.05, 0) is 70.9 Å². The van der Waals surface area contributed by atoms with E-state index in [1.54, 1.807) is 63.8 Å². The van der Waals surface area contributed by atoms with Gasteiger partial charge < -0.3 is 25.0 Å². The van der Waals surface area contributed by atoms with Gasteiger partial charge in [-0.3, -0.25) is 19.7 Å². The van der Waals surface area contributed by atoms with Crippen LogP contribution >= 0.6 is 23.1 Å². The lowest BCUT2D eigenvalue weighted by molar-refractivity contribution is -0.384. The monoisotopic (exact) mass is 654 g/mol. The van der Waals surface area contributed by atoms with E-state index in [0.717, 1.165) is 10.4 Å². The maximum Gasteiger partial charge on any atom is 0.410 e. The Labute approximate surface area is 268 Å². The number of non-ortho nitro benzene ring substituents is 1. The number of benzene rings is 2. The third-order valence-electron chi connectivity index (χ3n) is 6.52. The van der Waals surface area contributed by atoms with Gasteiger partial charge in [0.05, 0.1) is 28.9 Å². The summed E-state index contributed by atoms with van der Waals surface area (Å²) in [4.78, 5) is 65.2.